The molecule has 0 heterocycles. The van der Waals surface area contributed by atoms with Crippen molar-refractivity contribution in [2.45, 2.75) is 71.3 Å². The van der Waals surface area contributed by atoms with Gasteiger partial charge in [-0.3, -0.25) is 4.79 Å². The van der Waals surface area contributed by atoms with E-state index in [1.807, 2.05) is 30.3 Å². The fourth-order valence-corrected chi connectivity index (χ4v) is 4.37. The average molecular weight is 499 g/mol. The van der Waals surface area contributed by atoms with Crippen LogP contribution in [0.25, 0.3) is 0 Å². The lowest BCUT2D eigenvalue weighted by Crippen LogP contribution is -2.20. The van der Waals surface area contributed by atoms with Crippen LogP contribution in [-0.2, 0) is 14.3 Å². The van der Waals surface area contributed by atoms with E-state index in [0.29, 0.717) is 25.4 Å². The zero-order valence-electron chi connectivity index (χ0n) is 22.0. The number of rotatable bonds is 16. The summed E-state index contributed by atoms with van der Waals surface area (Å²) in [7, 11) is 1.24. The molecule has 0 spiro atoms. The largest absolute Gasteiger partial charge is 0.494 e. The third kappa shape index (κ3) is 10.4. The smallest absolute Gasteiger partial charge is 0.335 e. The van der Waals surface area contributed by atoms with E-state index in [1.165, 1.54) is 26.4 Å². The maximum Gasteiger partial charge on any atom is 0.335 e. The van der Waals surface area contributed by atoms with Crippen LogP contribution in [0.2, 0.25) is 0 Å². The molecule has 2 rings (SSSR count). The second kappa shape index (κ2) is 16.8. The number of Topliss-reactive ketones (excluding diaryl/α,β-unsaturated/α-hetero) is 1. The molecule has 1 fully saturated rings. The van der Waals surface area contributed by atoms with Gasteiger partial charge in [-0.15, -0.1) is 5.73 Å². The molecule has 0 bridgehead atoms. The fraction of sp³-hybridized carbons (Fsp3) is 0.567. The van der Waals surface area contributed by atoms with Crippen LogP contribution < -0.4 is 9.47 Å². The van der Waals surface area contributed by atoms with Crippen molar-refractivity contribution in [2.75, 3.05) is 20.3 Å². The van der Waals surface area contributed by atoms with Crippen LogP contribution in [0.3, 0.4) is 0 Å². The number of benzene rings is 1. The van der Waals surface area contributed by atoms with E-state index in [0.717, 1.165) is 30.9 Å². The Morgan fingerprint density at radius 2 is 1.81 bits per heavy atom. The van der Waals surface area contributed by atoms with Crippen LogP contribution in [-0.4, -0.2) is 43.3 Å². The van der Waals surface area contributed by atoms with Gasteiger partial charge in [0.1, 0.15) is 17.3 Å². The summed E-state index contributed by atoms with van der Waals surface area (Å²) < 4.78 is 16.1. The van der Waals surface area contributed by atoms with Crippen molar-refractivity contribution in [2.24, 2.45) is 17.8 Å². The minimum Gasteiger partial charge on any atom is -0.494 e. The van der Waals surface area contributed by atoms with Gasteiger partial charge in [0.2, 0.25) is 0 Å². The molecular weight excluding hydrogens is 456 g/mol. The van der Waals surface area contributed by atoms with E-state index in [9.17, 15) is 14.7 Å². The van der Waals surface area contributed by atoms with Gasteiger partial charge in [-0.2, -0.15) is 0 Å². The number of carbonyl (C=O) groups is 2. The average Bonchev–Trinajstić information content (AvgIpc) is 3.15. The summed E-state index contributed by atoms with van der Waals surface area (Å²) in [6.45, 7) is 5.63. The molecule has 0 aromatic heterocycles. The maximum atomic E-state index is 12.5. The van der Waals surface area contributed by atoms with Gasteiger partial charge in [0.05, 0.1) is 20.3 Å². The second-order valence-corrected chi connectivity index (χ2v) is 9.36. The van der Waals surface area contributed by atoms with E-state index in [1.54, 1.807) is 6.08 Å². The van der Waals surface area contributed by atoms with Crippen molar-refractivity contribution < 1.29 is 28.9 Å². The molecule has 0 aliphatic heterocycles. The predicted molar refractivity (Wildman–Crippen MR) is 141 cm³/mol. The number of methoxy groups -OCH3 is 1. The van der Waals surface area contributed by atoms with Crippen molar-refractivity contribution in [3.05, 3.63) is 54.3 Å². The molecule has 6 heteroatoms. The molecule has 1 N–H and O–H groups in total. The number of ether oxygens (including phenoxy) is 3. The molecule has 1 aliphatic carbocycles. The molecule has 0 radical (unpaired) electrons. The van der Waals surface area contributed by atoms with E-state index in [2.05, 4.69) is 36.5 Å². The van der Waals surface area contributed by atoms with Gasteiger partial charge in [-0.05, 0) is 67.5 Å². The Balaban J connectivity index is 1.74. The molecule has 0 saturated heterocycles. The van der Waals surface area contributed by atoms with Crippen molar-refractivity contribution in [3.8, 4) is 11.5 Å². The zero-order valence-corrected chi connectivity index (χ0v) is 22.0. The molecule has 6 nitrogen and oxygen atoms in total. The summed E-state index contributed by atoms with van der Waals surface area (Å²) >= 11 is 0. The Labute approximate surface area is 216 Å². The first kappa shape index (κ1) is 29.4. The topological polar surface area (TPSA) is 82.1 Å². The van der Waals surface area contributed by atoms with Gasteiger partial charge in [-0.1, -0.05) is 45.3 Å². The molecule has 1 aromatic carbocycles. The minimum atomic E-state index is -1.19. The highest BCUT2D eigenvalue weighted by Gasteiger charge is 2.37. The predicted octanol–water partition coefficient (Wildman–Crippen LogP) is 5.84. The number of hydrogen-bond acceptors (Lipinski definition) is 6. The Morgan fingerprint density at radius 1 is 1.11 bits per heavy atom. The number of allylic oxidation sites excluding steroid dienone is 1. The van der Waals surface area contributed by atoms with E-state index >= 15 is 0 Å². The molecule has 4 atom stereocenters. The highest BCUT2D eigenvalue weighted by molar-refractivity contribution is 5.84. The first-order valence-corrected chi connectivity index (χ1v) is 13.2. The van der Waals surface area contributed by atoms with Gasteiger partial charge in [-0.25, -0.2) is 4.79 Å². The standard InChI is InChI=1S/C30H42O6/c1-4-5-6-11-20-35-24-16-18-25(19-17-24)36-21-12-10-13-26-23(2)22-29(32)27(26)14-8-7-9-15-28(31)30(33)34-3/h8-10,13,16-19,23,26-28,31H,4-6,11-12,14-15,20-22H2,1-3H3/b13-10+/t7?,23-,26+,27-,28?/m1/s1. The number of unbranched alkanes of at least 4 members (excludes halogenated alkanes) is 3. The van der Waals surface area contributed by atoms with Crippen molar-refractivity contribution >= 4 is 11.8 Å². The highest BCUT2D eigenvalue weighted by atomic mass is 16.5. The molecule has 1 aromatic rings. The molecule has 1 aliphatic rings. The lowest BCUT2D eigenvalue weighted by Gasteiger charge is -2.16. The second-order valence-electron chi connectivity index (χ2n) is 9.36. The van der Waals surface area contributed by atoms with Crippen molar-refractivity contribution in [1.82, 2.24) is 0 Å². The fourth-order valence-electron chi connectivity index (χ4n) is 4.37. The van der Waals surface area contributed by atoms with Crippen LogP contribution in [0.5, 0.6) is 11.5 Å². The Morgan fingerprint density at radius 3 is 2.47 bits per heavy atom. The summed E-state index contributed by atoms with van der Waals surface area (Å²) in [6.07, 6.45) is 13.3. The number of ketones is 1. The summed E-state index contributed by atoms with van der Waals surface area (Å²) in [6, 6.07) is 7.75. The molecule has 36 heavy (non-hydrogen) atoms. The van der Waals surface area contributed by atoms with Gasteiger partial charge in [0.25, 0.3) is 0 Å². The van der Waals surface area contributed by atoms with E-state index in [4.69, 9.17) is 9.47 Å². The van der Waals surface area contributed by atoms with Crippen LogP contribution in [0.4, 0.5) is 0 Å². The van der Waals surface area contributed by atoms with E-state index < -0.39 is 12.1 Å². The van der Waals surface area contributed by atoms with Gasteiger partial charge < -0.3 is 19.3 Å². The van der Waals surface area contributed by atoms with Crippen LogP contribution in [0.15, 0.2) is 54.3 Å². The number of aliphatic hydroxyl groups is 1. The summed E-state index contributed by atoms with van der Waals surface area (Å²) in [5, 5.41) is 9.59. The molecule has 1 saturated carbocycles. The van der Waals surface area contributed by atoms with Gasteiger partial charge >= 0.3 is 5.97 Å². The summed E-state index contributed by atoms with van der Waals surface area (Å²) in [5.41, 5.74) is 2.97. The lowest BCUT2D eigenvalue weighted by atomic mass is 9.87. The zero-order chi connectivity index (χ0) is 26.2. The first-order chi connectivity index (χ1) is 17.5. The van der Waals surface area contributed by atoms with Crippen LogP contribution in [0.1, 0.15) is 65.2 Å². The lowest BCUT2D eigenvalue weighted by molar-refractivity contribution is -0.150. The number of carbonyl (C=O) groups excluding carboxylic acids is 2. The Hall–Kier alpha value is -2.82. The maximum absolute atomic E-state index is 12.5. The minimum absolute atomic E-state index is 0.0712. The summed E-state index contributed by atoms with van der Waals surface area (Å²) in [5.74, 6) is 1.71. The summed E-state index contributed by atoms with van der Waals surface area (Å²) in [4.78, 5) is 23.7. The quantitative estimate of drug-likeness (QED) is 0.133. The third-order valence-corrected chi connectivity index (χ3v) is 6.48. The SMILES string of the molecule is CCCCCCOc1ccc(OCC/C=C/[C@H]2[C@H](C)CC(=O)[C@@H]2CC=C=CCC(O)C(=O)OC)cc1. The van der Waals surface area contributed by atoms with E-state index in [-0.39, 0.29) is 24.0 Å². The molecule has 0 amide bonds. The van der Waals surface area contributed by atoms with Crippen molar-refractivity contribution in [3.63, 3.8) is 0 Å². The molecule has 198 valence electrons. The monoisotopic (exact) mass is 498 g/mol. The first-order valence-electron chi connectivity index (χ1n) is 13.2. The number of hydrogen-bond donors (Lipinski definition) is 1. The van der Waals surface area contributed by atoms with Crippen LogP contribution in [0, 0.1) is 17.8 Å². The normalized spacial score (nSPS) is 20.1. The highest BCUT2D eigenvalue weighted by Crippen LogP contribution is 2.37. The molecular formula is C30H42O6. The number of esters is 1. The van der Waals surface area contributed by atoms with Crippen LogP contribution >= 0.6 is 0 Å². The number of aliphatic hydroxyl groups excluding tert-OH is 1. The Bertz CT molecular complexity index is 881. The molecule has 1 unspecified atom stereocenters. The van der Waals surface area contributed by atoms with Crippen molar-refractivity contribution in [1.29, 1.82) is 0 Å². The van der Waals surface area contributed by atoms with Gasteiger partial charge in [0, 0.05) is 18.8 Å². The third-order valence-electron chi connectivity index (χ3n) is 6.48. The Kier molecular flexibility index (Phi) is 13.7. The van der Waals surface area contributed by atoms with Gasteiger partial charge in [0.15, 0.2) is 6.10 Å².